The summed E-state index contributed by atoms with van der Waals surface area (Å²) in [4.78, 5) is 16.9. The van der Waals surface area contributed by atoms with Gasteiger partial charge in [-0.3, -0.25) is 4.90 Å². The highest BCUT2D eigenvalue weighted by Gasteiger charge is 2.16. The highest BCUT2D eigenvalue weighted by Crippen LogP contribution is 2.17. The van der Waals surface area contributed by atoms with Crippen molar-refractivity contribution in [1.82, 2.24) is 9.80 Å². The Morgan fingerprint density at radius 3 is 2.52 bits per heavy atom. The highest BCUT2D eigenvalue weighted by atomic mass is 32.2. The smallest absolute Gasteiger partial charge is 0.321 e. The van der Waals surface area contributed by atoms with Gasteiger partial charge in [-0.1, -0.05) is 25.0 Å². The third kappa shape index (κ3) is 5.15. The largest absolute Gasteiger partial charge is 0.325 e. The molecule has 5 heteroatoms. The summed E-state index contributed by atoms with van der Waals surface area (Å²) >= 11 is 2.03. The Morgan fingerprint density at radius 2 is 1.78 bits per heavy atom. The molecule has 0 atom stereocenters. The molecule has 1 N–H and O–H groups in total. The molecule has 0 spiro atoms. The number of carbonyl (C=O) groups excluding carboxylic acids is 1. The van der Waals surface area contributed by atoms with Gasteiger partial charge in [0.15, 0.2) is 0 Å². The van der Waals surface area contributed by atoms with E-state index in [0.29, 0.717) is 0 Å². The zero-order valence-electron chi connectivity index (χ0n) is 13.8. The van der Waals surface area contributed by atoms with E-state index in [9.17, 15) is 4.79 Å². The molecule has 4 nitrogen and oxygen atoms in total. The van der Waals surface area contributed by atoms with Crippen LogP contribution in [0.1, 0.15) is 31.2 Å². The van der Waals surface area contributed by atoms with Crippen molar-refractivity contribution in [3.05, 3.63) is 29.8 Å². The molecule has 0 radical (unpaired) electrons. The third-order valence-electron chi connectivity index (χ3n) is 4.58. The Hall–Kier alpha value is -1.20. The standard InChI is InChI=1S/C18H27N3OS/c22-18(21-8-3-1-2-4-9-21)19-17-7-5-6-16(14-17)15-20-10-12-23-13-11-20/h5-7,14H,1-4,8-13,15H2,(H,19,22). The van der Waals surface area contributed by atoms with Crippen LogP contribution in [0.5, 0.6) is 0 Å². The molecule has 1 aromatic carbocycles. The second-order valence-corrected chi connectivity index (χ2v) is 7.65. The van der Waals surface area contributed by atoms with Crippen LogP contribution in [0.15, 0.2) is 24.3 Å². The fourth-order valence-electron chi connectivity index (χ4n) is 3.24. The molecule has 2 aliphatic rings. The number of rotatable bonds is 3. The average Bonchev–Trinajstić information content (AvgIpc) is 2.85. The Labute approximate surface area is 143 Å². The molecular weight excluding hydrogens is 306 g/mol. The molecule has 23 heavy (non-hydrogen) atoms. The van der Waals surface area contributed by atoms with Crippen LogP contribution in [0, 0.1) is 0 Å². The predicted molar refractivity (Wildman–Crippen MR) is 98.1 cm³/mol. The maximum Gasteiger partial charge on any atom is 0.321 e. The van der Waals surface area contributed by atoms with E-state index in [0.717, 1.165) is 51.3 Å². The molecule has 2 amide bonds. The van der Waals surface area contributed by atoms with E-state index in [-0.39, 0.29) is 6.03 Å². The second kappa shape index (κ2) is 8.60. The van der Waals surface area contributed by atoms with Crippen molar-refractivity contribution in [1.29, 1.82) is 0 Å². The molecule has 0 bridgehead atoms. The first kappa shape index (κ1) is 16.7. The number of likely N-dealkylation sites (tertiary alicyclic amines) is 1. The van der Waals surface area contributed by atoms with Crippen LogP contribution in [0.3, 0.4) is 0 Å². The predicted octanol–water partition coefficient (Wildman–Crippen LogP) is 3.64. The van der Waals surface area contributed by atoms with E-state index in [4.69, 9.17) is 0 Å². The lowest BCUT2D eigenvalue weighted by atomic mass is 10.2. The van der Waals surface area contributed by atoms with Crippen LogP contribution in [0.2, 0.25) is 0 Å². The van der Waals surface area contributed by atoms with Gasteiger partial charge in [0.2, 0.25) is 0 Å². The Morgan fingerprint density at radius 1 is 1.04 bits per heavy atom. The molecule has 2 aliphatic heterocycles. The molecule has 1 aromatic rings. The molecule has 0 aromatic heterocycles. The summed E-state index contributed by atoms with van der Waals surface area (Å²) in [5.41, 5.74) is 2.20. The molecule has 0 saturated carbocycles. The van der Waals surface area contributed by atoms with Crippen molar-refractivity contribution in [2.45, 2.75) is 32.2 Å². The van der Waals surface area contributed by atoms with Crippen LogP contribution in [-0.4, -0.2) is 53.5 Å². The normalized spacial score (nSPS) is 20.1. The summed E-state index contributed by atoms with van der Waals surface area (Å²) in [5, 5.41) is 3.08. The summed E-state index contributed by atoms with van der Waals surface area (Å²) in [6.07, 6.45) is 4.74. The molecule has 2 heterocycles. The quantitative estimate of drug-likeness (QED) is 0.917. The van der Waals surface area contributed by atoms with Gasteiger partial charge in [-0.15, -0.1) is 0 Å². The van der Waals surface area contributed by atoms with Gasteiger partial charge < -0.3 is 10.2 Å². The number of urea groups is 1. The monoisotopic (exact) mass is 333 g/mol. The van der Waals surface area contributed by atoms with Gasteiger partial charge in [0.05, 0.1) is 0 Å². The lowest BCUT2D eigenvalue weighted by Crippen LogP contribution is -2.35. The number of nitrogens with one attached hydrogen (secondary N) is 1. The lowest BCUT2D eigenvalue weighted by molar-refractivity contribution is 0.214. The van der Waals surface area contributed by atoms with Crippen LogP contribution in [-0.2, 0) is 6.54 Å². The van der Waals surface area contributed by atoms with Crippen molar-refractivity contribution in [3.63, 3.8) is 0 Å². The van der Waals surface area contributed by atoms with E-state index in [1.165, 1.54) is 29.9 Å². The fraction of sp³-hybridized carbons (Fsp3) is 0.611. The number of anilines is 1. The van der Waals surface area contributed by atoms with E-state index >= 15 is 0 Å². The summed E-state index contributed by atoms with van der Waals surface area (Å²) in [5.74, 6) is 2.46. The van der Waals surface area contributed by atoms with Crippen molar-refractivity contribution in [3.8, 4) is 0 Å². The Kier molecular flexibility index (Phi) is 6.22. The van der Waals surface area contributed by atoms with Gasteiger partial charge in [0.25, 0.3) is 0 Å². The highest BCUT2D eigenvalue weighted by molar-refractivity contribution is 7.99. The van der Waals surface area contributed by atoms with Crippen molar-refractivity contribution in [2.75, 3.05) is 43.0 Å². The molecule has 2 saturated heterocycles. The fourth-order valence-corrected chi connectivity index (χ4v) is 4.22. The first-order chi connectivity index (χ1) is 11.3. The Bertz CT molecular complexity index is 509. The molecule has 0 aliphatic carbocycles. The minimum Gasteiger partial charge on any atom is -0.325 e. The molecule has 126 valence electrons. The summed E-state index contributed by atoms with van der Waals surface area (Å²) in [6.45, 7) is 5.08. The van der Waals surface area contributed by atoms with E-state index in [1.807, 2.05) is 28.8 Å². The maximum absolute atomic E-state index is 12.4. The van der Waals surface area contributed by atoms with Crippen molar-refractivity contribution in [2.24, 2.45) is 0 Å². The van der Waals surface area contributed by atoms with Gasteiger partial charge in [-0.05, 0) is 30.5 Å². The van der Waals surface area contributed by atoms with Crippen molar-refractivity contribution < 1.29 is 4.79 Å². The number of benzene rings is 1. The van der Waals surface area contributed by atoms with Crippen LogP contribution >= 0.6 is 11.8 Å². The van der Waals surface area contributed by atoms with Gasteiger partial charge in [-0.25, -0.2) is 4.79 Å². The first-order valence-electron chi connectivity index (χ1n) is 8.76. The molecule has 0 unspecified atom stereocenters. The SMILES string of the molecule is O=C(Nc1cccc(CN2CCSCC2)c1)N1CCCCCC1. The van der Waals surface area contributed by atoms with E-state index in [1.54, 1.807) is 0 Å². The number of thioether (sulfide) groups is 1. The maximum atomic E-state index is 12.4. The zero-order valence-corrected chi connectivity index (χ0v) is 14.6. The summed E-state index contributed by atoms with van der Waals surface area (Å²) < 4.78 is 0. The van der Waals surface area contributed by atoms with Gasteiger partial charge in [-0.2, -0.15) is 11.8 Å². The number of amides is 2. The van der Waals surface area contributed by atoms with Crippen molar-refractivity contribution >= 4 is 23.5 Å². The number of hydrogen-bond donors (Lipinski definition) is 1. The second-order valence-electron chi connectivity index (χ2n) is 6.42. The number of hydrogen-bond acceptors (Lipinski definition) is 3. The summed E-state index contributed by atoms with van der Waals surface area (Å²) in [7, 11) is 0. The van der Waals surface area contributed by atoms with E-state index in [2.05, 4.69) is 22.3 Å². The lowest BCUT2D eigenvalue weighted by Gasteiger charge is -2.26. The molecular formula is C18H27N3OS. The van der Waals surface area contributed by atoms with E-state index < -0.39 is 0 Å². The van der Waals surface area contributed by atoms with Gasteiger partial charge >= 0.3 is 6.03 Å². The number of carbonyl (C=O) groups is 1. The average molecular weight is 334 g/mol. The third-order valence-corrected chi connectivity index (χ3v) is 5.52. The minimum atomic E-state index is 0.0541. The van der Waals surface area contributed by atoms with Crippen LogP contribution in [0.4, 0.5) is 10.5 Å². The molecule has 3 rings (SSSR count). The zero-order chi connectivity index (χ0) is 15.9. The molecule has 2 fully saturated rings. The summed E-state index contributed by atoms with van der Waals surface area (Å²) in [6, 6.07) is 8.37. The Balaban J connectivity index is 1.56. The van der Waals surface area contributed by atoms with Gasteiger partial charge in [0, 0.05) is 49.9 Å². The minimum absolute atomic E-state index is 0.0541. The first-order valence-corrected chi connectivity index (χ1v) is 9.92. The number of nitrogens with zero attached hydrogens (tertiary/aromatic N) is 2. The van der Waals surface area contributed by atoms with Gasteiger partial charge in [0.1, 0.15) is 0 Å². The van der Waals surface area contributed by atoms with Crippen LogP contribution in [0.25, 0.3) is 0 Å². The van der Waals surface area contributed by atoms with Crippen LogP contribution < -0.4 is 5.32 Å². The topological polar surface area (TPSA) is 35.6 Å².